The summed E-state index contributed by atoms with van der Waals surface area (Å²) in [6.45, 7) is 3.97. The van der Waals surface area contributed by atoms with Gasteiger partial charge in [0.05, 0.1) is 29.8 Å². The molecule has 1 aromatic rings. The molecule has 0 spiro atoms. The van der Waals surface area contributed by atoms with E-state index in [9.17, 15) is 14.7 Å². The van der Waals surface area contributed by atoms with Crippen LogP contribution in [0.2, 0.25) is 0 Å². The normalized spacial score (nSPS) is 17.0. The number of benzene rings is 1. The van der Waals surface area contributed by atoms with Crippen molar-refractivity contribution in [3.05, 3.63) is 33.4 Å². The van der Waals surface area contributed by atoms with Crippen molar-refractivity contribution in [2.45, 2.75) is 32.7 Å². The first kappa shape index (κ1) is 19.1. The molecule has 2 rings (SSSR count). The summed E-state index contributed by atoms with van der Waals surface area (Å²) >= 11 is 3.25. The first-order chi connectivity index (χ1) is 11.9. The number of nitrogens with one attached hydrogen (secondary N) is 2. The molecule has 0 aromatic heterocycles. The SMILES string of the molecule is CCCCOC(=O)C1=C(C)NC(=O)N[C@@H]1c1cc(Br)c(O)c(OC)c1. The molecule has 2 amide bonds. The van der Waals surface area contributed by atoms with Gasteiger partial charge in [0, 0.05) is 5.70 Å². The van der Waals surface area contributed by atoms with Gasteiger partial charge in [0.15, 0.2) is 11.5 Å². The van der Waals surface area contributed by atoms with Crippen molar-refractivity contribution in [1.82, 2.24) is 10.6 Å². The molecule has 1 aliphatic heterocycles. The Morgan fingerprint density at radius 3 is 2.76 bits per heavy atom. The monoisotopic (exact) mass is 412 g/mol. The number of halogens is 1. The van der Waals surface area contributed by atoms with Gasteiger partial charge >= 0.3 is 12.0 Å². The van der Waals surface area contributed by atoms with Crippen LogP contribution in [0.1, 0.15) is 38.3 Å². The number of esters is 1. The summed E-state index contributed by atoms with van der Waals surface area (Å²) < 4.78 is 10.8. The zero-order valence-corrected chi connectivity index (χ0v) is 15.9. The Morgan fingerprint density at radius 2 is 2.12 bits per heavy atom. The number of hydrogen-bond acceptors (Lipinski definition) is 5. The number of unbranched alkanes of at least 4 members (excludes halogenated alkanes) is 1. The molecule has 136 valence electrons. The standard InChI is InChI=1S/C17H21BrN2O5/c1-4-5-6-25-16(22)13-9(2)19-17(23)20-14(13)10-7-11(18)15(21)12(8-10)24-3/h7-8,14,21H,4-6H2,1-3H3,(H2,19,20,23)/t14-/m1/s1. The second-order valence-electron chi connectivity index (χ2n) is 5.61. The van der Waals surface area contributed by atoms with E-state index in [0.29, 0.717) is 27.9 Å². The molecule has 0 bridgehead atoms. The number of amides is 2. The number of methoxy groups -OCH3 is 1. The molecule has 0 radical (unpaired) electrons. The van der Waals surface area contributed by atoms with Gasteiger partial charge in [0.25, 0.3) is 0 Å². The van der Waals surface area contributed by atoms with Gasteiger partial charge in [-0.25, -0.2) is 9.59 Å². The Hall–Kier alpha value is -2.22. The maximum atomic E-state index is 12.5. The van der Waals surface area contributed by atoms with Crippen LogP contribution in [-0.4, -0.2) is 30.8 Å². The molecule has 0 saturated heterocycles. The maximum Gasteiger partial charge on any atom is 0.338 e. The number of carbonyl (C=O) groups excluding carboxylic acids is 2. The second-order valence-corrected chi connectivity index (χ2v) is 6.47. The molecule has 1 aliphatic rings. The van der Waals surface area contributed by atoms with Crippen LogP contribution >= 0.6 is 15.9 Å². The number of urea groups is 1. The van der Waals surface area contributed by atoms with Crippen LogP contribution in [0.25, 0.3) is 0 Å². The third-order valence-corrected chi connectivity index (χ3v) is 4.43. The molecule has 8 heteroatoms. The van der Waals surface area contributed by atoms with Crippen molar-refractivity contribution >= 4 is 27.9 Å². The topological polar surface area (TPSA) is 96.9 Å². The van der Waals surface area contributed by atoms with E-state index in [0.717, 1.165) is 12.8 Å². The van der Waals surface area contributed by atoms with Crippen LogP contribution in [0, 0.1) is 0 Å². The minimum absolute atomic E-state index is 0.0562. The van der Waals surface area contributed by atoms with Gasteiger partial charge in [-0.1, -0.05) is 13.3 Å². The number of rotatable bonds is 6. The summed E-state index contributed by atoms with van der Waals surface area (Å²) in [6.07, 6.45) is 1.67. The van der Waals surface area contributed by atoms with Crippen LogP contribution in [-0.2, 0) is 9.53 Å². The fraction of sp³-hybridized carbons (Fsp3) is 0.412. The number of hydrogen-bond donors (Lipinski definition) is 3. The number of carbonyl (C=O) groups is 2. The lowest BCUT2D eigenvalue weighted by Gasteiger charge is -2.28. The summed E-state index contributed by atoms with van der Waals surface area (Å²) in [4.78, 5) is 24.4. The molecular weight excluding hydrogens is 392 g/mol. The number of ether oxygens (including phenoxy) is 2. The Labute approximate surface area is 154 Å². The van der Waals surface area contributed by atoms with Crippen LogP contribution in [0.3, 0.4) is 0 Å². The highest BCUT2D eigenvalue weighted by Crippen LogP contribution is 2.39. The second kappa shape index (κ2) is 8.24. The predicted octanol–water partition coefficient (Wildman–Crippen LogP) is 3.13. The molecule has 7 nitrogen and oxygen atoms in total. The van der Waals surface area contributed by atoms with Gasteiger partial charge in [-0.15, -0.1) is 0 Å². The zero-order chi connectivity index (χ0) is 18.6. The molecule has 3 N–H and O–H groups in total. The van der Waals surface area contributed by atoms with Gasteiger partial charge in [-0.05, 0) is 47.0 Å². The van der Waals surface area contributed by atoms with E-state index in [2.05, 4.69) is 26.6 Å². The highest BCUT2D eigenvalue weighted by atomic mass is 79.9. The van der Waals surface area contributed by atoms with Crippen LogP contribution in [0.4, 0.5) is 4.79 Å². The smallest absolute Gasteiger partial charge is 0.338 e. The van der Waals surface area contributed by atoms with E-state index < -0.39 is 18.0 Å². The minimum Gasteiger partial charge on any atom is -0.503 e. The number of phenolic OH excluding ortho intramolecular Hbond substituents is 1. The Kier molecular flexibility index (Phi) is 6.30. The first-order valence-electron chi connectivity index (χ1n) is 7.90. The van der Waals surface area contributed by atoms with Gasteiger partial charge < -0.3 is 25.2 Å². The molecule has 1 aromatic carbocycles. The molecule has 25 heavy (non-hydrogen) atoms. The first-order valence-corrected chi connectivity index (χ1v) is 8.70. The van der Waals surface area contributed by atoms with Crippen molar-refractivity contribution in [1.29, 1.82) is 0 Å². The predicted molar refractivity (Wildman–Crippen MR) is 95.3 cm³/mol. The lowest BCUT2D eigenvalue weighted by molar-refractivity contribution is -0.139. The molecule has 1 atom stereocenters. The number of phenols is 1. The van der Waals surface area contributed by atoms with E-state index in [4.69, 9.17) is 9.47 Å². The van der Waals surface area contributed by atoms with Gasteiger partial charge in [0.1, 0.15) is 0 Å². The summed E-state index contributed by atoms with van der Waals surface area (Å²) in [6, 6.07) is 2.06. The van der Waals surface area contributed by atoms with Crippen molar-refractivity contribution in [2.75, 3.05) is 13.7 Å². The van der Waals surface area contributed by atoms with Gasteiger partial charge in [0.2, 0.25) is 0 Å². The Bertz CT molecular complexity index is 717. The van der Waals surface area contributed by atoms with Gasteiger partial charge in [-0.3, -0.25) is 0 Å². The maximum absolute atomic E-state index is 12.5. The van der Waals surface area contributed by atoms with E-state index >= 15 is 0 Å². The van der Waals surface area contributed by atoms with Crippen LogP contribution in [0.5, 0.6) is 11.5 Å². The molecule has 0 aliphatic carbocycles. The van der Waals surface area contributed by atoms with Crippen molar-refractivity contribution in [3.8, 4) is 11.5 Å². The fourth-order valence-electron chi connectivity index (χ4n) is 2.52. The number of aromatic hydroxyl groups is 1. The summed E-state index contributed by atoms with van der Waals surface area (Å²) in [5.41, 5.74) is 1.33. The molecule has 1 heterocycles. The van der Waals surface area contributed by atoms with Crippen molar-refractivity contribution in [3.63, 3.8) is 0 Å². The van der Waals surface area contributed by atoms with Crippen LogP contribution < -0.4 is 15.4 Å². The zero-order valence-electron chi connectivity index (χ0n) is 14.3. The average molecular weight is 413 g/mol. The molecular formula is C17H21BrN2O5. The Morgan fingerprint density at radius 1 is 1.40 bits per heavy atom. The van der Waals surface area contributed by atoms with E-state index in [1.54, 1.807) is 19.1 Å². The quantitative estimate of drug-likeness (QED) is 0.492. The van der Waals surface area contributed by atoms with E-state index in [-0.39, 0.29) is 11.5 Å². The average Bonchev–Trinajstić information content (AvgIpc) is 2.56. The minimum atomic E-state index is -0.714. The highest BCUT2D eigenvalue weighted by Gasteiger charge is 2.33. The van der Waals surface area contributed by atoms with Crippen molar-refractivity contribution < 1.29 is 24.2 Å². The highest BCUT2D eigenvalue weighted by molar-refractivity contribution is 9.10. The summed E-state index contributed by atoms with van der Waals surface area (Å²) in [5.74, 6) is -0.320. The van der Waals surface area contributed by atoms with E-state index in [1.807, 2.05) is 6.92 Å². The third kappa shape index (κ3) is 4.25. The number of allylic oxidation sites excluding steroid dienone is 1. The van der Waals surface area contributed by atoms with Crippen molar-refractivity contribution in [2.24, 2.45) is 0 Å². The largest absolute Gasteiger partial charge is 0.503 e. The fourth-order valence-corrected chi connectivity index (χ4v) is 2.98. The Balaban J connectivity index is 2.42. The summed E-state index contributed by atoms with van der Waals surface area (Å²) in [5, 5.41) is 15.3. The molecule has 0 fully saturated rings. The van der Waals surface area contributed by atoms with Gasteiger partial charge in [-0.2, -0.15) is 0 Å². The summed E-state index contributed by atoms with van der Waals surface area (Å²) in [7, 11) is 1.42. The lowest BCUT2D eigenvalue weighted by atomic mass is 9.95. The van der Waals surface area contributed by atoms with E-state index in [1.165, 1.54) is 7.11 Å². The third-order valence-electron chi connectivity index (χ3n) is 3.82. The lowest BCUT2D eigenvalue weighted by Crippen LogP contribution is -2.45. The molecule has 0 unspecified atom stereocenters. The molecule has 0 saturated carbocycles. The van der Waals surface area contributed by atoms with Crippen LogP contribution in [0.15, 0.2) is 27.9 Å².